The van der Waals surface area contributed by atoms with Gasteiger partial charge < -0.3 is 9.73 Å². The van der Waals surface area contributed by atoms with E-state index in [4.69, 9.17) is 16.0 Å². The number of aryl methyl sites for hydroxylation is 1. The monoisotopic (exact) mass is 445 g/mol. The van der Waals surface area contributed by atoms with Crippen molar-refractivity contribution in [2.45, 2.75) is 24.7 Å². The number of carbonyl (C=O) groups is 1. The molecule has 156 valence electrons. The van der Waals surface area contributed by atoms with Gasteiger partial charge in [0.15, 0.2) is 5.69 Å². The van der Waals surface area contributed by atoms with Crippen LogP contribution in [0.3, 0.4) is 0 Å². The maximum Gasteiger partial charge on any atom is 0.277 e. The molecule has 3 aromatic rings. The Morgan fingerprint density at radius 2 is 1.83 bits per heavy atom. The molecule has 1 N–H and O–H groups in total. The van der Waals surface area contributed by atoms with Gasteiger partial charge in [-0.1, -0.05) is 29.8 Å². The van der Waals surface area contributed by atoms with Crippen LogP contribution in [0, 0.1) is 6.92 Å². The van der Waals surface area contributed by atoms with Crippen LogP contribution in [0.25, 0.3) is 11.5 Å². The highest BCUT2D eigenvalue weighted by atomic mass is 35.5. The molecule has 9 heteroatoms. The molecule has 0 bridgehead atoms. The number of carbonyl (C=O) groups excluding carboxylic acids is 1. The number of oxazole rings is 1. The van der Waals surface area contributed by atoms with Gasteiger partial charge in [0.05, 0.1) is 5.02 Å². The third-order valence-corrected chi connectivity index (χ3v) is 7.28. The van der Waals surface area contributed by atoms with Crippen LogP contribution >= 0.6 is 11.6 Å². The average molecular weight is 446 g/mol. The zero-order valence-corrected chi connectivity index (χ0v) is 17.8. The van der Waals surface area contributed by atoms with Crippen LogP contribution in [-0.2, 0) is 10.0 Å². The van der Waals surface area contributed by atoms with Crippen LogP contribution in [0.5, 0.6) is 0 Å². The van der Waals surface area contributed by atoms with Crippen LogP contribution in [0.4, 0.5) is 5.69 Å². The second kappa shape index (κ2) is 8.22. The average Bonchev–Trinajstić information content (AvgIpc) is 3.40. The Morgan fingerprint density at radius 1 is 1.13 bits per heavy atom. The molecule has 0 radical (unpaired) electrons. The molecule has 1 amide bonds. The second-order valence-corrected chi connectivity index (χ2v) is 9.31. The summed E-state index contributed by atoms with van der Waals surface area (Å²) in [7, 11) is -3.72. The summed E-state index contributed by atoms with van der Waals surface area (Å²) in [5.74, 6) is 0.210. The predicted molar refractivity (Wildman–Crippen MR) is 114 cm³/mol. The third kappa shape index (κ3) is 3.98. The van der Waals surface area contributed by atoms with E-state index in [1.165, 1.54) is 16.4 Å². The summed E-state index contributed by atoms with van der Waals surface area (Å²) in [6, 6.07) is 13.6. The molecule has 1 aliphatic heterocycles. The first-order valence-electron chi connectivity index (χ1n) is 9.50. The van der Waals surface area contributed by atoms with E-state index in [0.717, 1.165) is 18.4 Å². The maximum atomic E-state index is 12.9. The van der Waals surface area contributed by atoms with Gasteiger partial charge in [-0.15, -0.1) is 0 Å². The number of halogens is 1. The number of nitrogens with one attached hydrogen (secondary N) is 1. The van der Waals surface area contributed by atoms with Crippen molar-refractivity contribution >= 4 is 33.2 Å². The van der Waals surface area contributed by atoms with Crippen LogP contribution in [0.15, 0.2) is 57.8 Å². The van der Waals surface area contributed by atoms with E-state index in [2.05, 4.69) is 10.3 Å². The fourth-order valence-corrected chi connectivity index (χ4v) is 5.37. The van der Waals surface area contributed by atoms with Gasteiger partial charge in [-0.25, -0.2) is 13.4 Å². The molecule has 1 aromatic heterocycles. The van der Waals surface area contributed by atoms with Crippen LogP contribution in [0.2, 0.25) is 5.02 Å². The number of nitrogens with zero attached hydrogens (tertiary/aromatic N) is 2. The first kappa shape index (κ1) is 20.6. The lowest BCUT2D eigenvalue weighted by molar-refractivity contribution is 0.102. The van der Waals surface area contributed by atoms with E-state index < -0.39 is 15.9 Å². The van der Waals surface area contributed by atoms with E-state index in [1.807, 2.05) is 30.3 Å². The van der Waals surface area contributed by atoms with Crippen molar-refractivity contribution in [3.05, 3.63) is 65.0 Å². The van der Waals surface area contributed by atoms with Gasteiger partial charge in [0.2, 0.25) is 15.9 Å². The smallest absolute Gasteiger partial charge is 0.277 e. The lowest BCUT2D eigenvalue weighted by Crippen LogP contribution is -2.28. The summed E-state index contributed by atoms with van der Waals surface area (Å²) in [5, 5.41) is 2.81. The molecule has 2 heterocycles. The Hall–Kier alpha value is -2.68. The molecule has 1 fully saturated rings. The molecule has 7 nitrogen and oxygen atoms in total. The molecule has 1 aliphatic rings. The second-order valence-electron chi connectivity index (χ2n) is 7.00. The van der Waals surface area contributed by atoms with Gasteiger partial charge in [-0.05, 0) is 50.1 Å². The summed E-state index contributed by atoms with van der Waals surface area (Å²) >= 11 is 6.16. The summed E-state index contributed by atoms with van der Waals surface area (Å²) in [6.45, 7) is 2.59. The first-order valence-corrected chi connectivity index (χ1v) is 11.3. The number of amides is 1. The molecular weight excluding hydrogens is 426 g/mol. The van der Waals surface area contributed by atoms with Gasteiger partial charge >= 0.3 is 0 Å². The topological polar surface area (TPSA) is 92.5 Å². The van der Waals surface area contributed by atoms with Crippen molar-refractivity contribution in [3.63, 3.8) is 0 Å². The van der Waals surface area contributed by atoms with Crippen molar-refractivity contribution in [2.24, 2.45) is 0 Å². The highest BCUT2D eigenvalue weighted by Crippen LogP contribution is 2.30. The number of anilines is 1. The van der Waals surface area contributed by atoms with Crippen LogP contribution < -0.4 is 5.32 Å². The van der Waals surface area contributed by atoms with Crippen molar-refractivity contribution in [1.29, 1.82) is 0 Å². The van der Waals surface area contributed by atoms with Gasteiger partial charge in [0.25, 0.3) is 5.91 Å². The van der Waals surface area contributed by atoms with Gasteiger partial charge in [-0.2, -0.15) is 4.31 Å². The highest BCUT2D eigenvalue weighted by molar-refractivity contribution is 7.89. The number of rotatable bonds is 5. The lowest BCUT2D eigenvalue weighted by atomic mass is 10.2. The van der Waals surface area contributed by atoms with E-state index in [0.29, 0.717) is 30.4 Å². The van der Waals surface area contributed by atoms with E-state index in [1.54, 1.807) is 13.0 Å². The van der Waals surface area contributed by atoms with Gasteiger partial charge in [0.1, 0.15) is 10.7 Å². The molecule has 0 aliphatic carbocycles. The minimum atomic E-state index is -3.72. The Bertz CT molecular complexity index is 1190. The summed E-state index contributed by atoms with van der Waals surface area (Å²) in [6.07, 6.45) is 1.64. The standard InChI is InChI=1S/C21H20ClN3O4S/c1-14-19(24-21(29-14)15-7-3-2-4-8-15)20(26)23-16-9-10-17(22)18(13-16)30(27,28)25-11-5-6-12-25/h2-4,7-10,13H,5-6,11-12H2,1H3,(H,23,26). The van der Waals surface area contributed by atoms with Gasteiger partial charge in [0, 0.05) is 24.3 Å². The van der Waals surface area contributed by atoms with E-state index >= 15 is 0 Å². The number of hydrogen-bond donors (Lipinski definition) is 1. The molecule has 0 saturated carbocycles. The Balaban J connectivity index is 1.59. The molecule has 1 saturated heterocycles. The maximum absolute atomic E-state index is 12.9. The number of aromatic nitrogens is 1. The lowest BCUT2D eigenvalue weighted by Gasteiger charge is -2.17. The fourth-order valence-electron chi connectivity index (χ4n) is 3.35. The molecule has 2 aromatic carbocycles. The fraction of sp³-hybridized carbons (Fsp3) is 0.238. The zero-order valence-electron chi connectivity index (χ0n) is 16.3. The highest BCUT2D eigenvalue weighted by Gasteiger charge is 2.29. The van der Waals surface area contributed by atoms with Crippen molar-refractivity contribution in [2.75, 3.05) is 18.4 Å². The number of sulfonamides is 1. The zero-order chi connectivity index (χ0) is 21.3. The van der Waals surface area contributed by atoms with Crippen molar-refractivity contribution in [1.82, 2.24) is 9.29 Å². The largest absolute Gasteiger partial charge is 0.441 e. The number of hydrogen-bond acceptors (Lipinski definition) is 5. The van der Waals surface area contributed by atoms with Crippen molar-refractivity contribution in [3.8, 4) is 11.5 Å². The summed E-state index contributed by atoms with van der Waals surface area (Å²) in [4.78, 5) is 17.0. The molecule has 0 unspecified atom stereocenters. The summed E-state index contributed by atoms with van der Waals surface area (Å²) < 4.78 is 32.8. The summed E-state index contributed by atoms with van der Waals surface area (Å²) in [5.41, 5.74) is 1.20. The molecule has 0 atom stereocenters. The minimum Gasteiger partial charge on any atom is -0.441 e. The molecular formula is C21H20ClN3O4S. The van der Waals surface area contributed by atoms with Crippen LogP contribution in [0.1, 0.15) is 29.1 Å². The van der Waals surface area contributed by atoms with Crippen LogP contribution in [-0.4, -0.2) is 36.7 Å². The van der Waals surface area contributed by atoms with E-state index in [9.17, 15) is 13.2 Å². The molecule has 30 heavy (non-hydrogen) atoms. The van der Waals surface area contributed by atoms with Gasteiger partial charge in [-0.3, -0.25) is 4.79 Å². The Labute approximate surface area is 179 Å². The normalized spacial score (nSPS) is 14.7. The number of benzene rings is 2. The third-order valence-electron chi connectivity index (χ3n) is 4.90. The first-order chi connectivity index (χ1) is 14.4. The van der Waals surface area contributed by atoms with E-state index in [-0.39, 0.29) is 15.6 Å². The van der Waals surface area contributed by atoms with Crippen molar-refractivity contribution < 1.29 is 17.6 Å². The molecule has 0 spiro atoms. The molecule has 4 rings (SSSR count). The SMILES string of the molecule is Cc1oc(-c2ccccc2)nc1C(=O)Nc1ccc(Cl)c(S(=O)(=O)N2CCCC2)c1. The minimum absolute atomic E-state index is 0.0225. The quantitative estimate of drug-likeness (QED) is 0.630. The predicted octanol–water partition coefficient (Wildman–Crippen LogP) is 4.34. The Kier molecular flexibility index (Phi) is 5.64. The Morgan fingerprint density at radius 3 is 2.53 bits per heavy atom.